The third-order valence-electron chi connectivity index (χ3n) is 2.92. The van der Waals surface area contributed by atoms with Crippen LogP contribution < -0.4 is 5.32 Å². The molecule has 1 unspecified atom stereocenters. The number of hydrogen-bond donors (Lipinski definition) is 1. The number of hydrogen-bond acceptors (Lipinski definition) is 3. The smallest absolute Gasteiger partial charge is 0.214 e. The Balaban J connectivity index is 2.49. The van der Waals surface area contributed by atoms with Gasteiger partial charge in [-0.2, -0.15) is 0 Å². The molecular weight excluding hydrogens is 224 g/mol. The van der Waals surface area contributed by atoms with Crippen molar-refractivity contribution in [3.8, 4) is 0 Å². The zero-order valence-electron chi connectivity index (χ0n) is 10.4. The Labute approximate surface area is 99.5 Å². The second kappa shape index (κ2) is 6.57. The summed E-state index contributed by atoms with van der Waals surface area (Å²) in [5, 5.41) is 3.41. The van der Waals surface area contributed by atoms with Crippen molar-refractivity contribution in [3.63, 3.8) is 0 Å². The fraction of sp³-hybridized carbons (Fsp3) is 1.00. The number of rotatable bonds is 6. The first kappa shape index (κ1) is 13.9. The van der Waals surface area contributed by atoms with Gasteiger partial charge in [-0.15, -0.1) is 0 Å². The first-order valence-electron chi connectivity index (χ1n) is 6.31. The van der Waals surface area contributed by atoms with Crippen LogP contribution in [0.2, 0.25) is 0 Å². The van der Waals surface area contributed by atoms with Crippen LogP contribution in [-0.4, -0.2) is 44.2 Å². The van der Waals surface area contributed by atoms with Crippen molar-refractivity contribution in [3.05, 3.63) is 0 Å². The summed E-state index contributed by atoms with van der Waals surface area (Å²) >= 11 is 0. The van der Waals surface area contributed by atoms with Crippen molar-refractivity contribution in [2.75, 3.05) is 25.4 Å². The molecule has 0 saturated carbocycles. The molecule has 1 fully saturated rings. The van der Waals surface area contributed by atoms with Gasteiger partial charge in [0, 0.05) is 19.1 Å². The lowest BCUT2D eigenvalue weighted by Gasteiger charge is -2.32. The predicted octanol–water partition coefficient (Wildman–Crippen LogP) is 1.19. The fourth-order valence-corrected chi connectivity index (χ4v) is 3.69. The molecule has 1 N–H and O–H groups in total. The van der Waals surface area contributed by atoms with Gasteiger partial charge in [-0.1, -0.05) is 13.8 Å². The molecule has 96 valence electrons. The molecule has 0 bridgehead atoms. The van der Waals surface area contributed by atoms with Crippen molar-refractivity contribution in [1.82, 2.24) is 9.62 Å². The third-order valence-corrected chi connectivity index (χ3v) is 4.97. The van der Waals surface area contributed by atoms with Gasteiger partial charge in [-0.05, 0) is 32.2 Å². The van der Waals surface area contributed by atoms with E-state index in [9.17, 15) is 8.42 Å². The summed E-state index contributed by atoms with van der Waals surface area (Å²) < 4.78 is 25.5. The second-order valence-corrected chi connectivity index (χ2v) is 6.56. The van der Waals surface area contributed by atoms with Crippen molar-refractivity contribution >= 4 is 10.0 Å². The average Bonchev–Trinajstić information content (AvgIpc) is 2.27. The molecule has 5 heteroatoms. The third kappa shape index (κ3) is 4.03. The highest BCUT2D eigenvalue weighted by Crippen LogP contribution is 2.14. The van der Waals surface area contributed by atoms with Crippen LogP contribution in [0.4, 0.5) is 0 Å². The lowest BCUT2D eigenvalue weighted by atomic mass is 10.1. The summed E-state index contributed by atoms with van der Waals surface area (Å²) in [6, 6.07) is 0.348. The minimum absolute atomic E-state index is 0.285. The Bertz CT molecular complexity index is 290. The number of nitrogens with one attached hydrogen (secondary N) is 1. The van der Waals surface area contributed by atoms with E-state index in [4.69, 9.17) is 0 Å². The van der Waals surface area contributed by atoms with Crippen LogP contribution in [0.25, 0.3) is 0 Å². The molecule has 1 heterocycles. The molecule has 0 amide bonds. The molecule has 4 nitrogen and oxygen atoms in total. The van der Waals surface area contributed by atoms with Gasteiger partial charge in [0.2, 0.25) is 10.0 Å². The van der Waals surface area contributed by atoms with Gasteiger partial charge in [-0.25, -0.2) is 12.7 Å². The molecule has 1 aliphatic rings. The molecule has 0 radical (unpaired) electrons. The van der Waals surface area contributed by atoms with Crippen LogP contribution in [0, 0.1) is 0 Å². The molecule has 1 atom stereocenters. The van der Waals surface area contributed by atoms with Gasteiger partial charge >= 0.3 is 0 Å². The zero-order chi connectivity index (χ0) is 12.0. The van der Waals surface area contributed by atoms with E-state index in [2.05, 4.69) is 12.2 Å². The van der Waals surface area contributed by atoms with Gasteiger partial charge in [0.15, 0.2) is 0 Å². The standard InChI is InChI=1S/C11H24N2O2S/c1-3-7-12-11-6-5-8-13(10-11)16(14,15)9-4-2/h11-12H,3-10H2,1-2H3. The SMILES string of the molecule is CCCNC1CCCN(S(=O)(=O)CCC)C1. The van der Waals surface area contributed by atoms with E-state index in [1.54, 1.807) is 4.31 Å². The van der Waals surface area contributed by atoms with E-state index < -0.39 is 10.0 Å². The number of nitrogens with zero attached hydrogens (tertiary/aromatic N) is 1. The maximum absolute atomic E-state index is 11.9. The summed E-state index contributed by atoms with van der Waals surface area (Å²) in [7, 11) is -3.00. The van der Waals surface area contributed by atoms with Crippen molar-refractivity contribution in [1.29, 1.82) is 0 Å². The molecule has 0 spiro atoms. The maximum Gasteiger partial charge on any atom is 0.214 e. The Morgan fingerprint density at radius 1 is 1.31 bits per heavy atom. The van der Waals surface area contributed by atoms with Gasteiger partial charge in [0.1, 0.15) is 0 Å². The van der Waals surface area contributed by atoms with Gasteiger partial charge < -0.3 is 5.32 Å². The Morgan fingerprint density at radius 3 is 2.69 bits per heavy atom. The van der Waals surface area contributed by atoms with E-state index in [0.717, 1.165) is 25.8 Å². The monoisotopic (exact) mass is 248 g/mol. The highest BCUT2D eigenvalue weighted by molar-refractivity contribution is 7.89. The highest BCUT2D eigenvalue weighted by Gasteiger charge is 2.27. The van der Waals surface area contributed by atoms with E-state index >= 15 is 0 Å². The lowest BCUT2D eigenvalue weighted by Crippen LogP contribution is -2.48. The van der Waals surface area contributed by atoms with Gasteiger partial charge in [0.05, 0.1) is 5.75 Å². The zero-order valence-corrected chi connectivity index (χ0v) is 11.2. The second-order valence-electron chi connectivity index (χ2n) is 4.47. The van der Waals surface area contributed by atoms with E-state index in [1.807, 2.05) is 6.92 Å². The summed E-state index contributed by atoms with van der Waals surface area (Å²) in [5.41, 5.74) is 0. The van der Waals surface area contributed by atoms with E-state index in [1.165, 1.54) is 0 Å². The molecule has 1 aliphatic heterocycles. The minimum Gasteiger partial charge on any atom is -0.313 e. The van der Waals surface area contributed by atoms with Crippen LogP contribution >= 0.6 is 0 Å². The predicted molar refractivity (Wildman–Crippen MR) is 67.0 cm³/mol. The first-order valence-corrected chi connectivity index (χ1v) is 7.92. The molecule has 0 aromatic rings. The molecule has 0 aliphatic carbocycles. The molecule has 1 saturated heterocycles. The summed E-state index contributed by atoms with van der Waals surface area (Å²) in [5.74, 6) is 0.285. The fourth-order valence-electron chi connectivity index (χ4n) is 2.10. The molecule has 0 aromatic heterocycles. The van der Waals surface area contributed by atoms with E-state index in [0.29, 0.717) is 25.6 Å². The Morgan fingerprint density at radius 2 is 2.06 bits per heavy atom. The molecule has 0 aromatic carbocycles. The van der Waals surface area contributed by atoms with Crippen LogP contribution in [0.15, 0.2) is 0 Å². The largest absolute Gasteiger partial charge is 0.313 e. The van der Waals surface area contributed by atoms with Gasteiger partial charge in [-0.3, -0.25) is 0 Å². The minimum atomic E-state index is -3.00. The van der Waals surface area contributed by atoms with Gasteiger partial charge in [0.25, 0.3) is 0 Å². The molecule has 1 rings (SSSR count). The van der Waals surface area contributed by atoms with Crippen LogP contribution in [0.1, 0.15) is 39.5 Å². The maximum atomic E-state index is 11.9. The van der Waals surface area contributed by atoms with Crippen LogP contribution in [-0.2, 0) is 10.0 Å². The lowest BCUT2D eigenvalue weighted by molar-refractivity contribution is 0.284. The topological polar surface area (TPSA) is 49.4 Å². The average molecular weight is 248 g/mol. The van der Waals surface area contributed by atoms with Crippen LogP contribution in [0.3, 0.4) is 0 Å². The van der Waals surface area contributed by atoms with Crippen molar-refractivity contribution in [2.24, 2.45) is 0 Å². The van der Waals surface area contributed by atoms with E-state index in [-0.39, 0.29) is 5.75 Å². The first-order chi connectivity index (χ1) is 7.60. The molecular formula is C11H24N2O2S. The van der Waals surface area contributed by atoms with Crippen molar-refractivity contribution in [2.45, 2.75) is 45.6 Å². The van der Waals surface area contributed by atoms with Crippen LogP contribution in [0.5, 0.6) is 0 Å². The summed E-state index contributed by atoms with van der Waals surface area (Å²) in [4.78, 5) is 0. The summed E-state index contributed by atoms with van der Waals surface area (Å²) in [6.45, 7) is 6.37. The summed E-state index contributed by atoms with van der Waals surface area (Å²) in [6.07, 6.45) is 3.87. The number of sulfonamides is 1. The number of piperidine rings is 1. The normalized spacial score (nSPS) is 23.5. The Hall–Kier alpha value is -0.130. The highest BCUT2D eigenvalue weighted by atomic mass is 32.2. The molecule has 16 heavy (non-hydrogen) atoms. The Kier molecular flexibility index (Phi) is 5.72. The van der Waals surface area contributed by atoms with Crippen molar-refractivity contribution < 1.29 is 8.42 Å². The quantitative estimate of drug-likeness (QED) is 0.768.